The first-order valence-electron chi connectivity index (χ1n) is 7.39. The number of benzene rings is 1. The van der Waals surface area contributed by atoms with Crippen molar-refractivity contribution in [2.24, 2.45) is 0 Å². The molecule has 0 aliphatic rings. The lowest BCUT2D eigenvalue weighted by Crippen LogP contribution is -2.09. The third-order valence-corrected chi connectivity index (χ3v) is 3.89. The molecule has 4 heteroatoms. The molecule has 0 aliphatic heterocycles. The van der Waals surface area contributed by atoms with Crippen molar-refractivity contribution in [3.63, 3.8) is 0 Å². The minimum atomic E-state index is 0.325. The summed E-state index contributed by atoms with van der Waals surface area (Å²) in [7, 11) is 0. The van der Waals surface area contributed by atoms with Crippen LogP contribution in [0.2, 0.25) is 0 Å². The van der Waals surface area contributed by atoms with Gasteiger partial charge in [-0.05, 0) is 33.8 Å². The molecule has 0 bridgehead atoms. The molecule has 21 heavy (non-hydrogen) atoms. The number of nitrogens with one attached hydrogen (secondary N) is 1. The predicted octanol–water partition coefficient (Wildman–Crippen LogP) is 4.97. The zero-order valence-corrected chi connectivity index (χ0v) is 14.4. The summed E-state index contributed by atoms with van der Waals surface area (Å²) in [6.45, 7) is 7.36. The second-order valence-electron chi connectivity index (χ2n) is 5.62. The number of hydrogen-bond donors (Lipinski definition) is 1. The summed E-state index contributed by atoms with van der Waals surface area (Å²) < 4.78 is 0.833. The summed E-state index contributed by atoms with van der Waals surface area (Å²) in [6, 6.07) is 12.5. The van der Waals surface area contributed by atoms with Crippen LogP contribution in [-0.2, 0) is 0 Å². The number of halogens is 1. The normalized spacial score (nSPS) is 12.4. The first-order chi connectivity index (χ1) is 10.1. The van der Waals surface area contributed by atoms with E-state index in [0.717, 1.165) is 29.2 Å². The van der Waals surface area contributed by atoms with Gasteiger partial charge in [0.25, 0.3) is 0 Å². The van der Waals surface area contributed by atoms with Gasteiger partial charge in [-0.1, -0.05) is 51.1 Å². The van der Waals surface area contributed by atoms with Crippen LogP contribution >= 0.6 is 15.9 Å². The average Bonchev–Trinajstić information content (AvgIpc) is 2.47. The summed E-state index contributed by atoms with van der Waals surface area (Å²) in [4.78, 5) is 8.94. The van der Waals surface area contributed by atoms with Gasteiger partial charge >= 0.3 is 0 Å². The number of hydrogen-bond acceptors (Lipinski definition) is 3. The van der Waals surface area contributed by atoms with E-state index in [0.29, 0.717) is 11.8 Å². The summed E-state index contributed by atoms with van der Waals surface area (Å²) in [5.74, 6) is 2.61. The SMILES string of the molecule is CC(C)c1nc(Br)cc(NCCC(C)c2ccccc2)n1. The van der Waals surface area contributed by atoms with Gasteiger partial charge in [-0.25, -0.2) is 9.97 Å². The van der Waals surface area contributed by atoms with Crippen molar-refractivity contribution in [1.29, 1.82) is 0 Å². The molecule has 1 heterocycles. The van der Waals surface area contributed by atoms with Crippen molar-refractivity contribution in [3.05, 3.63) is 52.4 Å². The maximum atomic E-state index is 4.55. The maximum Gasteiger partial charge on any atom is 0.134 e. The van der Waals surface area contributed by atoms with Gasteiger partial charge in [-0.15, -0.1) is 0 Å². The molecular formula is C17H22BrN3. The zero-order valence-electron chi connectivity index (χ0n) is 12.8. The van der Waals surface area contributed by atoms with E-state index >= 15 is 0 Å². The van der Waals surface area contributed by atoms with E-state index in [1.807, 2.05) is 6.07 Å². The monoisotopic (exact) mass is 347 g/mol. The largest absolute Gasteiger partial charge is 0.370 e. The van der Waals surface area contributed by atoms with E-state index in [9.17, 15) is 0 Å². The molecule has 0 saturated heterocycles. The molecule has 0 fully saturated rings. The van der Waals surface area contributed by atoms with E-state index < -0.39 is 0 Å². The smallest absolute Gasteiger partial charge is 0.134 e. The van der Waals surface area contributed by atoms with Crippen LogP contribution in [0.15, 0.2) is 41.0 Å². The second-order valence-corrected chi connectivity index (χ2v) is 6.43. The first-order valence-corrected chi connectivity index (χ1v) is 8.19. The summed E-state index contributed by atoms with van der Waals surface area (Å²) in [5, 5.41) is 3.40. The molecule has 0 amide bonds. The highest BCUT2D eigenvalue weighted by atomic mass is 79.9. The lowest BCUT2D eigenvalue weighted by atomic mass is 9.98. The standard InChI is InChI=1S/C17H22BrN3/c1-12(2)17-20-15(18)11-16(21-17)19-10-9-13(3)14-7-5-4-6-8-14/h4-8,11-13H,9-10H2,1-3H3,(H,19,20,21). The van der Waals surface area contributed by atoms with Crippen molar-refractivity contribution in [1.82, 2.24) is 9.97 Å². The van der Waals surface area contributed by atoms with Gasteiger partial charge in [0.1, 0.15) is 16.2 Å². The number of aromatic nitrogens is 2. The maximum absolute atomic E-state index is 4.55. The Labute approximate surface area is 135 Å². The van der Waals surface area contributed by atoms with Gasteiger partial charge < -0.3 is 5.32 Å². The molecule has 1 unspecified atom stereocenters. The topological polar surface area (TPSA) is 37.8 Å². The minimum Gasteiger partial charge on any atom is -0.370 e. The average molecular weight is 348 g/mol. The molecule has 0 radical (unpaired) electrons. The molecule has 0 saturated carbocycles. The van der Waals surface area contributed by atoms with Crippen molar-refractivity contribution in [2.45, 2.75) is 39.0 Å². The molecule has 0 spiro atoms. The lowest BCUT2D eigenvalue weighted by Gasteiger charge is -2.13. The molecule has 3 nitrogen and oxygen atoms in total. The molecule has 1 aromatic carbocycles. The summed E-state index contributed by atoms with van der Waals surface area (Å²) in [6.07, 6.45) is 1.07. The minimum absolute atomic E-state index is 0.325. The third kappa shape index (κ3) is 4.81. The molecule has 112 valence electrons. The van der Waals surface area contributed by atoms with E-state index in [4.69, 9.17) is 0 Å². The Hall–Kier alpha value is -1.42. The van der Waals surface area contributed by atoms with Gasteiger partial charge in [0.15, 0.2) is 0 Å². The molecule has 1 N–H and O–H groups in total. The van der Waals surface area contributed by atoms with Crippen molar-refractivity contribution >= 4 is 21.7 Å². The third-order valence-electron chi connectivity index (χ3n) is 3.48. The zero-order chi connectivity index (χ0) is 15.2. The van der Waals surface area contributed by atoms with Crippen LogP contribution in [-0.4, -0.2) is 16.5 Å². The van der Waals surface area contributed by atoms with Crippen LogP contribution in [0.4, 0.5) is 5.82 Å². The Morgan fingerprint density at radius 2 is 1.81 bits per heavy atom. The van der Waals surface area contributed by atoms with E-state index in [1.165, 1.54) is 5.56 Å². The van der Waals surface area contributed by atoms with Crippen LogP contribution in [0.1, 0.15) is 50.4 Å². The Balaban J connectivity index is 1.91. The number of rotatable bonds is 6. The van der Waals surface area contributed by atoms with Gasteiger partial charge in [-0.3, -0.25) is 0 Å². The Morgan fingerprint density at radius 1 is 1.10 bits per heavy atom. The fourth-order valence-electron chi connectivity index (χ4n) is 2.15. The van der Waals surface area contributed by atoms with Crippen molar-refractivity contribution in [3.8, 4) is 0 Å². The van der Waals surface area contributed by atoms with Crippen molar-refractivity contribution in [2.75, 3.05) is 11.9 Å². The highest BCUT2D eigenvalue weighted by Crippen LogP contribution is 2.20. The second kappa shape index (κ2) is 7.55. The van der Waals surface area contributed by atoms with Crippen LogP contribution in [0.25, 0.3) is 0 Å². The van der Waals surface area contributed by atoms with Gasteiger partial charge in [0.2, 0.25) is 0 Å². The first kappa shape index (κ1) is 16.0. The van der Waals surface area contributed by atoms with Crippen LogP contribution < -0.4 is 5.32 Å². The molecule has 1 aromatic heterocycles. The highest BCUT2D eigenvalue weighted by Gasteiger charge is 2.08. The van der Waals surface area contributed by atoms with E-state index in [-0.39, 0.29) is 0 Å². The van der Waals surface area contributed by atoms with Crippen molar-refractivity contribution < 1.29 is 0 Å². The quantitative estimate of drug-likeness (QED) is 0.749. The van der Waals surface area contributed by atoms with E-state index in [1.54, 1.807) is 0 Å². The number of nitrogens with zero attached hydrogens (tertiary/aromatic N) is 2. The van der Waals surface area contributed by atoms with E-state index in [2.05, 4.69) is 82.3 Å². The summed E-state index contributed by atoms with van der Waals surface area (Å²) in [5.41, 5.74) is 1.38. The van der Waals surface area contributed by atoms with Crippen LogP contribution in [0.5, 0.6) is 0 Å². The Kier molecular flexibility index (Phi) is 5.74. The lowest BCUT2D eigenvalue weighted by molar-refractivity contribution is 0.702. The molecule has 1 atom stereocenters. The Morgan fingerprint density at radius 3 is 2.48 bits per heavy atom. The molecule has 0 aliphatic carbocycles. The predicted molar refractivity (Wildman–Crippen MR) is 91.8 cm³/mol. The molecule has 2 aromatic rings. The summed E-state index contributed by atoms with van der Waals surface area (Å²) >= 11 is 3.45. The molecule has 2 rings (SSSR count). The van der Waals surface area contributed by atoms with Gasteiger partial charge in [0.05, 0.1) is 0 Å². The van der Waals surface area contributed by atoms with Crippen LogP contribution in [0.3, 0.4) is 0 Å². The molecular weight excluding hydrogens is 326 g/mol. The Bertz CT molecular complexity index is 570. The van der Waals surface area contributed by atoms with Crippen LogP contribution in [0, 0.1) is 0 Å². The van der Waals surface area contributed by atoms with Gasteiger partial charge in [0, 0.05) is 18.5 Å². The van der Waals surface area contributed by atoms with Gasteiger partial charge in [-0.2, -0.15) is 0 Å². The highest BCUT2D eigenvalue weighted by molar-refractivity contribution is 9.10. The number of anilines is 1. The fourth-order valence-corrected chi connectivity index (χ4v) is 2.55. The fraction of sp³-hybridized carbons (Fsp3) is 0.412.